The van der Waals surface area contributed by atoms with Crippen LogP contribution in [-0.2, 0) is 73.8 Å². The summed E-state index contributed by atoms with van der Waals surface area (Å²) in [6.07, 6.45) is 5.01. The highest BCUT2D eigenvalue weighted by atomic mass is 16.4. The summed E-state index contributed by atoms with van der Waals surface area (Å²) < 4.78 is 1.71. The van der Waals surface area contributed by atoms with Crippen LogP contribution in [0.2, 0.25) is 0 Å². The van der Waals surface area contributed by atoms with Crippen molar-refractivity contribution in [2.45, 2.75) is 194 Å². The van der Waals surface area contributed by atoms with Gasteiger partial charge in [-0.15, -0.1) is 5.10 Å². The molecule has 12 N–H and O–H groups in total. The molecule has 85 heavy (non-hydrogen) atoms. The minimum absolute atomic E-state index is 0.0262. The standard InChI is InChI=1S/C60H91N13O12/c1-9-38(6)52(64-40(8)74)59(84)67-47(33-36(2)3)56(81)65-45(19-13-14-29-61)54(79)66-46(27-28-50(76)77)60(85)73-32-15-20-49(73)57(82)69-51(37(4)5)58(83)68-48(34-42-22-25-44(75)26-23-42)55(80)63-39(7)53(78)62-30-16-31-72-35-43(70-71-72)24-21-41-17-11-10-12-18-41/h10-12,17-18,22-23,25-26,35-39,45-49,51-52,75H,9,13-16,19-21,24,27-34,61H2,1-8H3,(H,62,78)(H,63,80)(H,64,74)(H,65,81)(H,66,79)(H,67,84)(H,68,83)(H,69,82)(H,76,77)/t38-,39-,45-,46-,47-,48-,49-,51-,52-/m0/s1. The van der Waals surface area contributed by atoms with E-state index in [2.05, 4.69) is 65.0 Å². The second-order valence-electron chi connectivity index (χ2n) is 22.8. The molecule has 2 aromatic carbocycles. The van der Waals surface area contributed by atoms with Crippen molar-refractivity contribution in [2.75, 3.05) is 19.6 Å². The van der Waals surface area contributed by atoms with Gasteiger partial charge >= 0.3 is 5.97 Å². The van der Waals surface area contributed by atoms with Crippen LogP contribution in [-0.4, -0.2) is 157 Å². The van der Waals surface area contributed by atoms with Crippen molar-refractivity contribution in [2.24, 2.45) is 23.5 Å². The van der Waals surface area contributed by atoms with Crippen LogP contribution in [0.3, 0.4) is 0 Å². The van der Waals surface area contributed by atoms with Crippen molar-refractivity contribution in [3.63, 3.8) is 0 Å². The number of phenolic OH excluding ortho intramolecular Hbond substituents is 1. The number of aliphatic carboxylic acids is 1. The second-order valence-corrected chi connectivity index (χ2v) is 22.8. The Bertz CT molecular complexity index is 2690. The molecule has 0 bridgehead atoms. The van der Waals surface area contributed by atoms with Gasteiger partial charge in [-0.1, -0.05) is 95.6 Å². The van der Waals surface area contributed by atoms with Gasteiger partial charge in [-0.2, -0.15) is 0 Å². The Kier molecular flexibility index (Phi) is 28.9. The number of nitrogens with zero attached hydrogens (tertiary/aromatic N) is 4. The largest absolute Gasteiger partial charge is 0.508 e. The number of aromatic hydroxyl groups is 1. The number of hydrogen-bond acceptors (Lipinski definition) is 14. The maximum absolute atomic E-state index is 14.6. The molecule has 1 aliphatic rings. The molecule has 0 unspecified atom stereocenters. The first kappa shape index (κ1) is 69.5. The summed E-state index contributed by atoms with van der Waals surface area (Å²) >= 11 is 0. The van der Waals surface area contributed by atoms with Crippen molar-refractivity contribution in [3.05, 3.63) is 77.6 Å². The van der Waals surface area contributed by atoms with Crippen molar-refractivity contribution < 1.29 is 58.2 Å². The number of benzene rings is 2. The van der Waals surface area contributed by atoms with Crippen molar-refractivity contribution in [3.8, 4) is 5.75 Å². The average Bonchev–Trinajstić information content (AvgIpc) is 4.34. The molecule has 0 radical (unpaired) electrons. The number of carbonyl (C=O) groups is 10. The first-order valence-corrected chi connectivity index (χ1v) is 29.7. The number of carboxylic acids is 1. The highest BCUT2D eigenvalue weighted by Gasteiger charge is 2.41. The number of nitrogens with two attached hydrogens (primary N) is 1. The summed E-state index contributed by atoms with van der Waals surface area (Å²) in [6.45, 7) is 14.5. The van der Waals surface area contributed by atoms with Gasteiger partial charge < -0.3 is 63.4 Å². The fraction of sp³-hybridized carbons (Fsp3) is 0.600. The van der Waals surface area contributed by atoms with Crippen LogP contribution >= 0.6 is 0 Å². The molecule has 0 spiro atoms. The summed E-state index contributed by atoms with van der Waals surface area (Å²) in [5, 5.41) is 50.0. The quantitative estimate of drug-likeness (QED) is 0.0369. The molecule has 4 rings (SSSR count). The highest BCUT2D eigenvalue weighted by molar-refractivity contribution is 5.98. The van der Waals surface area contributed by atoms with Gasteiger partial charge in [0.1, 0.15) is 54.1 Å². The number of aromatic nitrogens is 3. The normalized spacial score (nSPS) is 15.9. The number of amides is 9. The van der Waals surface area contributed by atoms with Gasteiger partial charge in [-0.05, 0) is 119 Å². The van der Waals surface area contributed by atoms with E-state index in [0.717, 1.165) is 18.5 Å². The third-order valence-electron chi connectivity index (χ3n) is 14.8. The maximum Gasteiger partial charge on any atom is 0.303 e. The predicted molar refractivity (Wildman–Crippen MR) is 316 cm³/mol. The number of carbonyl (C=O) groups excluding carboxylic acids is 9. The molecule has 1 aliphatic heterocycles. The van der Waals surface area contributed by atoms with Crippen molar-refractivity contribution >= 4 is 59.1 Å². The Morgan fingerprint density at radius 1 is 0.682 bits per heavy atom. The molecule has 468 valence electrons. The van der Waals surface area contributed by atoms with E-state index in [9.17, 15) is 58.2 Å². The number of aryl methyl sites for hydroxylation is 3. The van der Waals surface area contributed by atoms with Crippen LogP contribution in [0.5, 0.6) is 5.75 Å². The molecule has 0 aliphatic carbocycles. The molecule has 9 atom stereocenters. The molecule has 1 fully saturated rings. The second kappa shape index (κ2) is 35.4. The Morgan fingerprint density at radius 2 is 1.32 bits per heavy atom. The van der Waals surface area contributed by atoms with Crippen LogP contribution in [0, 0.1) is 17.8 Å². The highest BCUT2D eigenvalue weighted by Crippen LogP contribution is 2.22. The monoisotopic (exact) mass is 1190 g/mol. The first-order valence-electron chi connectivity index (χ1n) is 29.7. The first-order chi connectivity index (χ1) is 40.4. The third kappa shape index (κ3) is 23.6. The van der Waals surface area contributed by atoms with Gasteiger partial charge in [0.25, 0.3) is 0 Å². The Hall–Kier alpha value is -7.96. The zero-order chi connectivity index (χ0) is 62.8. The van der Waals surface area contributed by atoms with Crippen LogP contribution in [0.4, 0.5) is 0 Å². The summed E-state index contributed by atoms with van der Waals surface area (Å²) in [4.78, 5) is 138. The van der Waals surface area contributed by atoms with Gasteiger partial charge in [0, 0.05) is 45.6 Å². The third-order valence-corrected chi connectivity index (χ3v) is 14.8. The summed E-state index contributed by atoms with van der Waals surface area (Å²) in [6, 6.07) is 6.46. The van der Waals surface area contributed by atoms with E-state index in [-0.39, 0.29) is 69.3 Å². The Balaban J connectivity index is 1.45. The van der Waals surface area contributed by atoms with Crippen LogP contribution in [0.1, 0.15) is 136 Å². The predicted octanol–water partition coefficient (Wildman–Crippen LogP) is 1.68. The van der Waals surface area contributed by atoms with E-state index in [1.165, 1.54) is 36.4 Å². The minimum Gasteiger partial charge on any atom is -0.508 e. The summed E-state index contributed by atoms with van der Waals surface area (Å²) in [5.41, 5.74) is 8.37. The molecule has 3 aromatic rings. The van der Waals surface area contributed by atoms with Crippen molar-refractivity contribution in [1.29, 1.82) is 0 Å². The van der Waals surface area contributed by atoms with Gasteiger partial charge in [-0.3, -0.25) is 52.6 Å². The number of phenols is 1. The lowest BCUT2D eigenvalue weighted by molar-refractivity contribution is -0.144. The van der Waals surface area contributed by atoms with E-state index in [1.807, 2.05) is 45.2 Å². The van der Waals surface area contributed by atoms with Crippen LogP contribution in [0.25, 0.3) is 0 Å². The summed E-state index contributed by atoms with van der Waals surface area (Å²) in [5.74, 6) is -8.21. The van der Waals surface area contributed by atoms with E-state index in [4.69, 9.17) is 5.73 Å². The Morgan fingerprint density at radius 3 is 1.95 bits per heavy atom. The summed E-state index contributed by atoms with van der Waals surface area (Å²) in [7, 11) is 0. The van der Waals surface area contributed by atoms with E-state index in [1.54, 1.807) is 37.6 Å². The molecule has 25 nitrogen and oxygen atoms in total. The SMILES string of the molecule is CC[C@H](C)[C@H](NC(C)=O)C(=O)N[C@@H](CC(C)C)C(=O)N[C@@H](CCCCN)C(=O)N[C@@H](CCC(=O)O)C(=O)N1CCC[C@H]1C(=O)N[C@H](C(=O)N[C@@H](Cc1ccc(O)cc1)C(=O)N[C@@H](C)C(=O)NCCCn1cc(CCc2ccccc2)nn1)C(C)C. The fourth-order valence-electron chi connectivity index (χ4n) is 9.81. The minimum atomic E-state index is -1.48. The maximum atomic E-state index is 14.6. The number of unbranched alkanes of at least 4 members (excludes halogenated alkanes) is 1. The average molecular weight is 1190 g/mol. The molecule has 9 amide bonds. The zero-order valence-corrected chi connectivity index (χ0v) is 50.5. The molecular formula is C60H91N13O12. The van der Waals surface area contributed by atoms with E-state index < -0.39 is 120 Å². The van der Waals surface area contributed by atoms with Gasteiger partial charge in [0.2, 0.25) is 53.2 Å². The number of hydrogen-bond donors (Lipinski definition) is 11. The van der Waals surface area contributed by atoms with Gasteiger partial charge in [0.05, 0.1) is 5.69 Å². The van der Waals surface area contributed by atoms with Crippen LogP contribution in [0.15, 0.2) is 60.8 Å². The topological polar surface area (TPSA) is 367 Å². The zero-order valence-electron chi connectivity index (χ0n) is 50.5. The van der Waals surface area contributed by atoms with Gasteiger partial charge in [-0.25, -0.2) is 0 Å². The molecule has 2 heterocycles. The van der Waals surface area contributed by atoms with E-state index >= 15 is 0 Å². The fourth-order valence-corrected chi connectivity index (χ4v) is 9.81. The van der Waals surface area contributed by atoms with Crippen molar-refractivity contribution in [1.82, 2.24) is 62.4 Å². The molecular weight excluding hydrogens is 1090 g/mol. The number of carboxylic acid groups (broad SMARTS) is 1. The van der Waals surface area contributed by atoms with Gasteiger partial charge in [0.15, 0.2) is 0 Å². The van der Waals surface area contributed by atoms with E-state index in [0.29, 0.717) is 44.2 Å². The number of nitrogens with one attached hydrogen (secondary N) is 8. The number of rotatable bonds is 36. The molecule has 25 heteroatoms. The lowest BCUT2D eigenvalue weighted by atomic mass is 9.96. The van der Waals surface area contributed by atoms with Crippen LogP contribution < -0.4 is 48.3 Å². The molecule has 0 saturated carbocycles. The lowest BCUT2D eigenvalue weighted by Gasteiger charge is -2.32. The lowest BCUT2D eigenvalue weighted by Crippen LogP contribution is -2.61. The number of likely N-dealkylation sites (tertiary alicyclic amines) is 1. The molecule has 1 saturated heterocycles. The Labute approximate surface area is 498 Å². The molecule has 1 aromatic heterocycles. The smallest absolute Gasteiger partial charge is 0.303 e.